The van der Waals surface area contributed by atoms with Crippen molar-refractivity contribution in [2.75, 3.05) is 6.54 Å². The Morgan fingerprint density at radius 1 is 1.33 bits per heavy atom. The van der Waals surface area contributed by atoms with Crippen molar-refractivity contribution in [1.82, 2.24) is 10.3 Å². The highest BCUT2D eigenvalue weighted by Crippen LogP contribution is 2.22. The molecule has 6 heteroatoms. The molecule has 0 bridgehead atoms. The molecule has 0 aliphatic heterocycles. The number of nitrogens with one attached hydrogen (secondary N) is 2. The highest BCUT2D eigenvalue weighted by Gasteiger charge is 2.10. The minimum absolute atomic E-state index is 0.229. The average Bonchev–Trinajstić information content (AvgIpc) is 3.05. The van der Waals surface area contributed by atoms with Crippen molar-refractivity contribution < 1.29 is 14.3 Å². The second-order valence-electron chi connectivity index (χ2n) is 4.65. The molecule has 2 heterocycles. The lowest BCUT2D eigenvalue weighted by Gasteiger charge is -2.02. The Hall–Kier alpha value is -2.21. The Bertz CT molecular complexity index is 791. The molecule has 1 amide bonds. The van der Waals surface area contributed by atoms with Crippen LogP contribution < -0.4 is 5.32 Å². The number of hydrogen-bond donors (Lipinski definition) is 3. The standard InChI is InChI=1S/C15H13BrN2O3/c16-14-4-3-13(21-14)15(20)17-6-5-9-8-18-12-7-10(19)1-2-11(9)12/h1-4,7-8,18-19H,5-6H2,(H,17,20). The number of phenolic OH excluding ortho intramolecular Hbond substituents is 1. The van der Waals surface area contributed by atoms with Crippen molar-refractivity contribution in [3.8, 4) is 5.75 Å². The normalized spacial score (nSPS) is 10.9. The molecule has 3 N–H and O–H groups in total. The molecule has 0 spiro atoms. The van der Waals surface area contributed by atoms with Gasteiger partial charge in [-0.2, -0.15) is 0 Å². The van der Waals surface area contributed by atoms with Crippen molar-refractivity contribution in [2.24, 2.45) is 0 Å². The average molecular weight is 349 g/mol. The van der Waals surface area contributed by atoms with E-state index in [-0.39, 0.29) is 17.4 Å². The summed E-state index contributed by atoms with van der Waals surface area (Å²) in [6.45, 7) is 0.505. The van der Waals surface area contributed by atoms with Gasteiger partial charge in [-0.25, -0.2) is 0 Å². The highest BCUT2D eigenvalue weighted by atomic mass is 79.9. The van der Waals surface area contributed by atoms with E-state index in [1.54, 1.807) is 24.3 Å². The van der Waals surface area contributed by atoms with E-state index in [0.29, 0.717) is 17.6 Å². The minimum Gasteiger partial charge on any atom is -0.508 e. The summed E-state index contributed by atoms with van der Waals surface area (Å²) in [4.78, 5) is 14.9. The van der Waals surface area contributed by atoms with Crippen LogP contribution in [0.4, 0.5) is 0 Å². The summed E-state index contributed by atoms with van der Waals surface area (Å²) in [5.41, 5.74) is 1.97. The van der Waals surface area contributed by atoms with Crippen molar-refractivity contribution >= 4 is 32.7 Å². The summed E-state index contributed by atoms with van der Waals surface area (Å²) in [7, 11) is 0. The Morgan fingerprint density at radius 2 is 2.19 bits per heavy atom. The molecular weight excluding hydrogens is 336 g/mol. The zero-order valence-corrected chi connectivity index (χ0v) is 12.6. The summed E-state index contributed by atoms with van der Waals surface area (Å²) in [5, 5.41) is 13.3. The van der Waals surface area contributed by atoms with Crippen LogP contribution in [0, 0.1) is 0 Å². The van der Waals surface area contributed by atoms with Crippen LogP contribution in [0.25, 0.3) is 10.9 Å². The van der Waals surface area contributed by atoms with Gasteiger partial charge >= 0.3 is 0 Å². The number of H-pyrrole nitrogens is 1. The van der Waals surface area contributed by atoms with Gasteiger partial charge in [-0.05, 0) is 52.2 Å². The molecule has 1 aromatic carbocycles. The molecule has 2 aromatic heterocycles. The van der Waals surface area contributed by atoms with Crippen molar-refractivity contribution in [3.63, 3.8) is 0 Å². The van der Waals surface area contributed by atoms with E-state index in [1.807, 2.05) is 12.3 Å². The van der Waals surface area contributed by atoms with Gasteiger partial charge in [0.15, 0.2) is 10.4 Å². The molecule has 21 heavy (non-hydrogen) atoms. The van der Waals surface area contributed by atoms with E-state index in [4.69, 9.17) is 4.42 Å². The maximum atomic E-state index is 11.8. The molecule has 5 nitrogen and oxygen atoms in total. The third kappa shape index (κ3) is 2.95. The summed E-state index contributed by atoms with van der Waals surface area (Å²) in [6.07, 6.45) is 2.58. The fourth-order valence-corrected chi connectivity index (χ4v) is 2.52. The number of benzene rings is 1. The molecule has 108 valence electrons. The van der Waals surface area contributed by atoms with Gasteiger partial charge in [-0.3, -0.25) is 4.79 Å². The topological polar surface area (TPSA) is 78.3 Å². The van der Waals surface area contributed by atoms with Gasteiger partial charge in [-0.15, -0.1) is 0 Å². The van der Waals surface area contributed by atoms with Crippen molar-refractivity contribution in [2.45, 2.75) is 6.42 Å². The van der Waals surface area contributed by atoms with Crippen LogP contribution in [-0.2, 0) is 6.42 Å². The fourth-order valence-electron chi connectivity index (χ4n) is 2.22. The van der Waals surface area contributed by atoms with Gasteiger partial charge in [-0.1, -0.05) is 0 Å². The fraction of sp³-hybridized carbons (Fsp3) is 0.133. The second kappa shape index (κ2) is 5.65. The smallest absolute Gasteiger partial charge is 0.287 e. The molecule has 0 saturated heterocycles. The number of aromatic hydroxyl groups is 1. The quantitative estimate of drug-likeness (QED) is 0.677. The third-order valence-corrected chi connectivity index (χ3v) is 3.65. The Kier molecular flexibility index (Phi) is 3.70. The number of furan rings is 1. The summed E-state index contributed by atoms with van der Waals surface area (Å²) >= 11 is 3.16. The van der Waals surface area contributed by atoms with E-state index < -0.39 is 0 Å². The molecular formula is C15H13BrN2O3. The first-order valence-corrected chi connectivity index (χ1v) is 7.25. The molecule has 0 aliphatic carbocycles. The van der Waals surface area contributed by atoms with Crippen LogP contribution in [0.3, 0.4) is 0 Å². The first-order valence-electron chi connectivity index (χ1n) is 6.46. The number of amides is 1. The summed E-state index contributed by atoms with van der Waals surface area (Å²) in [6, 6.07) is 8.49. The van der Waals surface area contributed by atoms with Gasteiger partial charge in [0.1, 0.15) is 5.75 Å². The van der Waals surface area contributed by atoms with E-state index in [2.05, 4.69) is 26.2 Å². The van der Waals surface area contributed by atoms with Crippen LogP contribution in [0.1, 0.15) is 16.1 Å². The van der Waals surface area contributed by atoms with Gasteiger partial charge in [0.2, 0.25) is 0 Å². The predicted molar refractivity (Wildman–Crippen MR) is 82.4 cm³/mol. The molecule has 3 aromatic rings. The largest absolute Gasteiger partial charge is 0.508 e. The van der Waals surface area contributed by atoms with Gasteiger partial charge in [0.05, 0.1) is 0 Å². The van der Waals surface area contributed by atoms with Crippen LogP contribution in [0.2, 0.25) is 0 Å². The number of carbonyl (C=O) groups excluding carboxylic acids is 1. The predicted octanol–water partition coefficient (Wildman–Crippen LogP) is 3.20. The van der Waals surface area contributed by atoms with E-state index in [9.17, 15) is 9.90 Å². The maximum Gasteiger partial charge on any atom is 0.287 e. The van der Waals surface area contributed by atoms with E-state index in [0.717, 1.165) is 16.5 Å². The lowest BCUT2D eigenvalue weighted by molar-refractivity contribution is 0.0925. The Balaban J connectivity index is 1.63. The Labute approximate surface area is 129 Å². The maximum absolute atomic E-state index is 11.8. The number of phenols is 1. The number of aromatic amines is 1. The molecule has 0 saturated carbocycles. The minimum atomic E-state index is -0.238. The molecule has 0 fully saturated rings. The highest BCUT2D eigenvalue weighted by molar-refractivity contribution is 9.10. The number of rotatable bonds is 4. The van der Waals surface area contributed by atoms with Gasteiger partial charge in [0.25, 0.3) is 5.91 Å². The van der Waals surface area contributed by atoms with Gasteiger partial charge in [0, 0.05) is 29.7 Å². The van der Waals surface area contributed by atoms with E-state index in [1.165, 1.54) is 0 Å². The second-order valence-corrected chi connectivity index (χ2v) is 5.44. The lowest BCUT2D eigenvalue weighted by Crippen LogP contribution is -2.25. The summed E-state index contributed by atoms with van der Waals surface area (Å²) < 4.78 is 5.72. The number of hydrogen-bond acceptors (Lipinski definition) is 3. The first-order chi connectivity index (χ1) is 10.1. The Morgan fingerprint density at radius 3 is 2.95 bits per heavy atom. The molecule has 0 unspecified atom stereocenters. The molecule has 3 rings (SSSR count). The molecule has 0 atom stereocenters. The molecule has 0 radical (unpaired) electrons. The zero-order valence-electron chi connectivity index (χ0n) is 11.0. The number of carbonyl (C=O) groups is 1. The summed E-state index contributed by atoms with van der Waals surface area (Å²) in [5.74, 6) is 0.275. The third-order valence-electron chi connectivity index (χ3n) is 3.23. The zero-order chi connectivity index (χ0) is 14.8. The van der Waals surface area contributed by atoms with Crippen LogP contribution >= 0.6 is 15.9 Å². The molecule has 0 aliphatic rings. The number of aromatic nitrogens is 1. The van der Waals surface area contributed by atoms with Crippen LogP contribution in [0.15, 0.2) is 45.6 Å². The van der Waals surface area contributed by atoms with Crippen molar-refractivity contribution in [3.05, 3.63) is 52.5 Å². The lowest BCUT2D eigenvalue weighted by atomic mass is 10.1. The number of halogens is 1. The van der Waals surface area contributed by atoms with Crippen LogP contribution in [0.5, 0.6) is 5.75 Å². The van der Waals surface area contributed by atoms with Gasteiger partial charge < -0.3 is 19.8 Å². The first kappa shape index (κ1) is 13.8. The van der Waals surface area contributed by atoms with Crippen LogP contribution in [-0.4, -0.2) is 22.5 Å². The monoisotopic (exact) mass is 348 g/mol. The SMILES string of the molecule is O=C(NCCc1c[nH]c2cc(O)ccc12)c1ccc(Br)o1. The van der Waals surface area contributed by atoms with Crippen molar-refractivity contribution in [1.29, 1.82) is 0 Å². The number of fused-ring (bicyclic) bond motifs is 1. The van der Waals surface area contributed by atoms with E-state index >= 15 is 0 Å².